The van der Waals surface area contributed by atoms with Crippen molar-refractivity contribution in [2.24, 2.45) is 0 Å². The minimum atomic E-state index is -0.605. The van der Waals surface area contributed by atoms with Crippen LogP contribution in [0.1, 0.15) is 19.4 Å². The Morgan fingerprint density at radius 1 is 1.44 bits per heavy atom. The third-order valence-corrected chi connectivity index (χ3v) is 3.87. The summed E-state index contributed by atoms with van der Waals surface area (Å²) in [4.78, 5) is 2.81. The molecule has 0 spiro atoms. The molecule has 2 aromatic rings. The van der Waals surface area contributed by atoms with Gasteiger partial charge in [0.05, 0.1) is 5.52 Å². The fourth-order valence-electron chi connectivity index (χ4n) is 2.01. The number of aromatic amines is 1. The molecule has 0 bridgehead atoms. The Labute approximate surface area is 113 Å². The molecular weight excluding hydrogens is 274 g/mol. The molecule has 0 radical (unpaired) electrons. The van der Waals surface area contributed by atoms with E-state index in [2.05, 4.69) is 4.98 Å². The van der Waals surface area contributed by atoms with Crippen molar-refractivity contribution in [2.45, 2.75) is 19.4 Å². The van der Waals surface area contributed by atoms with Crippen molar-refractivity contribution in [3.05, 3.63) is 28.5 Å². The van der Waals surface area contributed by atoms with E-state index < -0.39 is 11.6 Å². The van der Waals surface area contributed by atoms with Crippen LogP contribution in [0, 0.1) is 16.4 Å². The minimum absolute atomic E-state index is 0.111. The predicted octanol–water partition coefficient (Wildman–Crippen LogP) is 4.29. The van der Waals surface area contributed by atoms with E-state index in [0.29, 0.717) is 10.3 Å². The van der Waals surface area contributed by atoms with Crippen molar-refractivity contribution >= 4 is 35.0 Å². The maximum Gasteiger partial charge on any atom is 0.178 e. The standard InChI is InChI=1S/C12H14F2N2S2/c1-7(3-4-18-2)16-10-6-8(13)5-9(14)11(10)15-12(16)17/h5-7H,3-4H2,1-2H3,(H,15,17). The highest BCUT2D eigenvalue weighted by atomic mass is 32.2. The molecule has 0 saturated heterocycles. The number of nitrogens with zero attached hydrogens (tertiary/aromatic N) is 1. The van der Waals surface area contributed by atoms with Crippen LogP contribution >= 0.6 is 24.0 Å². The van der Waals surface area contributed by atoms with Crippen LogP contribution < -0.4 is 0 Å². The van der Waals surface area contributed by atoms with Crippen LogP contribution in [0.5, 0.6) is 0 Å². The lowest BCUT2D eigenvalue weighted by Gasteiger charge is -2.13. The van der Waals surface area contributed by atoms with E-state index in [1.165, 1.54) is 6.07 Å². The fraction of sp³-hybridized carbons (Fsp3) is 0.417. The zero-order valence-electron chi connectivity index (χ0n) is 10.2. The number of imidazole rings is 1. The number of benzene rings is 1. The summed E-state index contributed by atoms with van der Waals surface area (Å²) < 4.78 is 29.1. The highest BCUT2D eigenvalue weighted by Gasteiger charge is 2.14. The number of fused-ring (bicyclic) bond motifs is 1. The van der Waals surface area contributed by atoms with E-state index in [4.69, 9.17) is 12.2 Å². The summed E-state index contributed by atoms with van der Waals surface area (Å²) in [5.74, 6) is -0.209. The monoisotopic (exact) mass is 288 g/mol. The molecule has 6 heteroatoms. The number of halogens is 2. The number of hydrogen-bond acceptors (Lipinski definition) is 2. The Balaban J connectivity index is 2.56. The van der Waals surface area contributed by atoms with Gasteiger partial charge in [-0.3, -0.25) is 0 Å². The summed E-state index contributed by atoms with van der Waals surface area (Å²) >= 11 is 6.93. The van der Waals surface area contributed by atoms with Gasteiger partial charge in [0.1, 0.15) is 11.3 Å². The van der Waals surface area contributed by atoms with Crippen molar-refractivity contribution in [1.29, 1.82) is 0 Å². The first kappa shape index (κ1) is 13.5. The van der Waals surface area contributed by atoms with Gasteiger partial charge in [0, 0.05) is 12.1 Å². The summed E-state index contributed by atoms with van der Waals surface area (Å²) in [6.07, 6.45) is 2.93. The molecule has 2 nitrogen and oxygen atoms in total. The molecule has 0 aliphatic heterocycles. The van der Waals surface area contributed by atoms with Gasteiger partial charge in [0.25, 0.3) is 0 Å². The second kappa shape index (κ2) is 5.40. The summed E-state index contributed by atoms with van der Waals surface area (Å²) in [5, 5.41) is 0. The van der Waals surface area contributed by atoms with Crippen molar-refractivity contribution in [3.63, 3.8) is 0 Å². The van der Waals surface area contributed by atoms with E-state index >= 15 is 0 Å². The van der Waals surface area contributed by atoms with Gasteiger partial charge in [-0.05, 0) is 43.6 Å². The fourth-order valence-corrected chi connectivity index (χ4v) is 2.96. The van der Waals surface area contributed by atoms with Gasteiger partial charge in [-0.1, -0.05) is 0 Å². The Bertz CT molecular complexity index is 618. The van der Waals surface area contributed by atoms with Crippen LogP contribution in [-0.4, -0.2) is 21.6 Å². The lowest BCUT2D eigenvalue weighted by Crippen LogP contribution is -2.06. The van der Waals surface area contributed by atoms with Crippen LogP contribution in [0.2, 0.25) is 0 Å². The molecule has 0 saturated carbocycles. The molecule has 1 atom stereocenters. The van der Waals surface area contributed by atoms with Crippen molar-refractivity contribution in [1.82, 2.24) is 9.55 Å². The zero-order valence-corrected chi connectivity index (χ0v) is 11.8. The second-order valence-corrected chi connectivity index (χ2v) is 5.58. The van der Waals surface area contributed by atoms with Gasteiger partial charge < -0.3 is 9.55 Å². The Morgan fingerprint density at radius 3 is 2.83 bits per heavy atom. The maximum absolute atomic E-state index is 13.6. The van der Waals surface area contributed by atoms with Crippen LogP contribution in [-0.2, 0) is 0 Å². The van der Waals surface area contributed by atoms with Gasteiger partial charge in [-0.2, -0.15) is 11.8 Å². The Kier molecular flexibility index (Phi) is 4.07. The van der Waals surface area contributed by atoms with Gasteiger partial charge in [-0.15, -0.1) is 0 Å². The smallest absolute Gasteiger partial charge is 0.178 e. The first-order valence-corrected chi connectivity index (χ1v) is 7.43. The maximum atomic E-state index is 13.6. The van der Waals surface area contributed by atoms with Crippen molar-refractivity contribution < 1.29 is 8.78 Å². The lowest BCUT2D eigenvalue weighted by molar-refractivity contribution is 0.540. The van der Waals surface area contributed by atoms with Crippen LogP contribution in [0.4, 0.5) is 8.78 Å². The number of hydrogen-bond donors (Lipinski definition) is 1. The number of thioether (sulfide) groups is 1. The summed E-state index contributed by atoms with van der Waals surface area (Å²) in [6, 6.07) is 2.30. The molecule has 1 aromatic heterocycles. The van der Waals surface area contributed by atoms with Gasteiger partial charge >= 0.3 is 0 Å². The Hall–Kier alpha value is -0.880. The van der Waals surface area contributed by atoms with Crippen LogP contribution in [0.15, 0.2) is 12.1 Å². The predicted molar refractivity (Wildman–Crippen MR) is 74.7 cm³/mol. The molecular formula is C12H14F2N2S2. The number of H-pyrrole nitrogens is 1. The van der Waals surface area contributed by atoms with Gasteiger partial charge in [0.15, 0.2) is 10.6 Å². The summed E-state index contributed by atoms with van der Waals surface area (Å²) in [6.45, 7) is 2.00. The average molecular weight is 288 g/mol. The molecule has 0 amide bonds. The molecule has 2 rings (SSSR count). The highest BCUT2D eigenvalue weighted by Crippen LogP contribution is 2.24. The third kappa shape index (κ3) is 2.44. The average Bonchev–Trinajstić information content (AvgIpc) is 2.63. The summed E-state index contributed by atoms with van der Waals surface area (Å²) in [5.41, 5.74) is 0.767. The van der Waals surface area contributed by atoms with Gasteiger partial charge in [-0.25, -0.2) is 8.78 Å². The van der Waals surface area contributed by atoms with Crippen LogP contribution in [0.25, 0.3) is 11.0 Å². The molecule has 1 aromatic carbocycles. The number of aromatic nitrogens is 2. The van der Waals surface area contributed by atoms with Gasteiger partial charge in [0.2, 0.25) is 0 Å². The first-order valence-electron chi connectivity index (χ1n) is 5.62. The molecule has 18 heavy (non-hydrogen) atoms. The normalized spacial score (nSPS) is 13.1. The minimum Gasteiger partial charge on any atom is -0.328 e. The van der Waals surface area contributed by atoms with Crippen molar-refractivity contribution in [3.8, 4) is 0 Å². The first-order chi connectivity index (χ1) is 8.54. The topological polar surface area (TPSA) is 20.7 Å². The Morgan fingerprint density at radius 2 is 2.17 bits per heavy atom. The highest BCUT2D eigenvalue weighted by molar-refractivity contribution is 7.98. The SMILES string of the molecule is CSCCC(C)n1c(=S)[nH]c2c(F)cc(F)cc21. The van der Waals surface area contributed by atoms with Crippen LogP contribution in [0.3, 0.4) is 0 Å². The number of nitrogens with one attached hydrogen (secondary N) is 1. The molecule has 0 aliphatic rings. The van der Waals surface area contributed by atoms with E-state index in [1.54, 1.807) is 16.3 Å². The lowest BCUT2D eigenvalue weighted by atomic mass is 10.2. The molecule has 0 aliphatic carbocycles. The largest absolute Gasteiger partial charge is 0.328 e. The van der Waals surface area contributed by atoms with Crippen molar-refractivity contribution in [2.75, 3.05) is 12.0 Å². The molecule has 98 valence electrons. The quantitative estimate of drug-likeness (QED) is 0.847. The zero-order chi connectivity index (χ0) is 13.3. The van der Waals surface area contributed by atoms with E-state index in [-0.39, 0.29) is 11.6 Å². The van der Waals surface area contributed by atoms with E-state index in [0.717, 1.165) is 18.2 Å². The summed E-state index contributed by atoms with van der Waals surface area (Å²) in [7, 11) is 0. The molecule has 0 fully saturated rings. The second-order valence-electron chi connectivity index (χ2n) is 4.21. The molecule has 1 unspecified atom stereocenters. The van der Waals surface area contributed by atoms with E-state index in [9.17, 15) is 8.78 Å². The van der Waals surface area contributed by atoms with E-state index in [1.807, 2.05) is 13.2 Å². The third-order valence-electron chi connectivity index (χ3n) is 2.92. The number of rotatable bonds is 4. The molecule has 1 N–H and O–H groups in total. The molecule has 1 heterocycles.